The lowest BCUT2D eigenvalue weighted by molar-refractivity contribution is 0.318. The van der Waals surface area contributed by atoms with E-state index in [1.165, 1.54) is 0 Å². The summed E-state index contributed by atoms with van der Waals surface area (Å²) >= 11 is 4.09. The Morgan fingerprint density at radius 2 is 2.08 bits per heavy atom. The molecule has 4 heteroatoms. The van der Waals surface area contributed by atoms with Crippen LogP contribution in [0.4, 0.5) is 0 Å². The predicted molar refractivity (Wildman–Crippen MR) is 50.6 cm³/mol. The maximum atomic E-state index is 5.09. The number of thiol groups is 1. The van der Waals surface area contributed by atoms with Gasteiger partial charge in [-0.2, -0.15) is 17.6 Å². The smallest absolute Gasteiger partial charge is 0.232 e. The number of rotatable bonds is 2. The predicted octanol–water partition coefficient (Wildman–Crippen LogP) is 1.84. The van der Waals surface area contributed by atoms with Gasteiger partial charge in [0.05, 0.1) is 0 Å². The van der Waals surface area contributed by atoms with Gasteiger partial charge in [-0.3, -0.25) is 0 Å². The molecule has 0 bridgehead atoms. The molecule has 1 aromatic heterocycles. The van der Waals surface area contributed by atoms with Crippen LogP contribution in [0.1, 0.15) is 32.5 Å². The second-order valence-electron chi connectivity index (χ2n) is 3.74. The quantitative estimate of drug-likeness (QED) is 0.716. The largest absolute Gasteiger partial charge is 0.339 e. The fraction of sp³-hybridized carbons (Fsp3) is 0.750. The standard InChI is InChI=1S/C8H14N2OS/c1-8(2,3)7-9-6(4-5-12)10-11-7/h12H,4-5H2,1-3H3. The van der Waals surface area contributed by atoms with Gasteiger partial charge in [-0.25, -0.2) is 0 Å². The molecule has 0 aliphatic rings. The highest BCUT2D eigenvalue weighted by Crippen LogP contribution is 2.19. The van der Waals surface area contributed by atoms with E-state index in [0.717, 1.165) is 18.0 Å². The highest BCUT2D eigenvalue weighted by Gasteiger charge is 2.21. The topological polar surface area (TPSA) is 38.9 Å². The molecule has 12 heavy (non-hydrogen) atoms. The number of nitrogens with zero attached hydrogens (tertiary/aromatic N) is 2. The fourth-order valence-electron chi connectivity index (χ4n) is 0.760. The van der Waals surface area contributed by atoms with Crippen LogP contribution in [-0.2, 0) is 11.8 Å². The minimum Gasteiger partial charge on any atom is -0.339 e. The molecule has 0 N–H and O–H groups in total. The van der Waals surface area contributed by atoms with Crippen molar-refractivity contribution in [2.24, 2.45) is 0 Å². The van der Waals surface area contributed by atoms with Gasteiger partial charge in [0.1, 0.15) is 0 Å². The maximum Gasteiger partial charge on any atom is 0.232 e. The van der Waals surface area contributed by atoms with E-state index >= 15 is 0 Å². The molecule has 68 valence electrons. The lowest BCUT2D eigenvalue weighted by atomic mass is 9.97. The zero-order valence-corrected chi connectivity index (χ0v) is 8.56. The van der Waals surface area contributed by atoms with Crippen molar-refractivity contribution in [3.63, 3.8) is 0 Å². The van der Waals surface area contributed by atoms with Gasteiger partial charge in [-0.05, 0) is 5.75 Å². The molecule has 3 nitrogen and oxygen atoms in total. The van der Waals surface area contributed by atoms with Gasteiger partial charge in [0.25, 0.3) is 0 Å². The zero-order valence-electron chi connectivity index (χ0n) is 7.66. The van der Waals surface area contributed by atoms with Crippen LogP contribution < -0.4 is 0 Å². The Kier molecular flexibility index (Phi) is 2.77. The minimum absolute atomic E-state index is 0.0537. The van der Waals surface area contributed by atoms with Crippen molar-refractivity contribution in [1.29, 1.82) is 0 Å². The van der Waals surface area contributed by atoms with Crippen molar-refractivity contribution in [3.05, 3.63) is 11.7 Å². The van der Waals surface area contributed by atoms with Crippen LogP contribution in [0.3, 0.4) is 0 Å². The van der Waals surface area contributed by atoms with Crippen molar-refractivity contribution >= 4 is 12.6 Å². The van der Waals surface area contributed by atoms with Crippen molar-refractivity contribution in [3.8, 4) is 0 Å². The van der Waals surface area contributed by atoms with E-state index in [4.69, 9.17) is 4.52 Å². The van der Waals surface area contributed by atoms with Crippen LogP contribution in [0, 0.1) is 0 Å². The minimum atomic E-state index is -0.0537. The van der Waals surface area contributed by atoms with Gasteiger partial charge in [-0.1, -0.05) is 25.9 Å². The molecule has 0 fully saturated rings. The lowest BCUT2D eigenvalue weighted by Gasteiger charge is -2.10. The molecule has 1 aromatic rings. The molecule has 0 aliphatic heterocycles. The molecule has 1 heterocycles. The van der Waals surface area contributed by atoms with Crippen molar-refractivity contribution in [1.82, 2.24) is 10.1 Å². The Morgan fingerprint density at radius 3 is 2.50 bits per heavy atom. The molecule has 0 aliphatic carbocycles. The number of aryl methyl sites for hydroxylation is 1. The Bertz CT molecular complexity index is 252. The molecule has 0 saturated carbocycles. The summed E-state index contributed by atoms with van der Waals surface area (Å²) in [5.74, 6) is 2.19. The first-order chi connectivity index (χ1) is 5.54. The molecule has 0 aromatic carbocycles. The summed E-state index contributed by atoms with van der Waals surface area (Å²) in [6.07, 6.45) is 0.767. The Morgan fingerprint density at radius 1 is 1.42 bits per heavy atom. The first-order valence-corrected chi connectivity index (χ1v) is 4.61. The average Bonchev–Trinajstić information content (AvgIpc) is 2.35. The van der Waals surface area contributed by atoms with Gasteiger partial charge in [-0.15, -0.1) is 0 Å². The van der Waals surface area contributed by atoms with Gasteiger partial charge in [0.15, 0.2) is 5.82 Å². The van der Waals surface area contributed by atoms with E-state index < -0.39 is 0 Å². The normalized spacial score (nSPS) is 12.0. The summed E-state index contributed by atoms with van der Waals surface area (Å²) in [7, 11) is 0. The first kappa shape index (κ1) is 9.58. The Hall–Kier alpha value is -0.510. The molecule has 0 radical (unpaired) electrons. The number of hydrogen-bond donors (Lipinski definition) is 1. The van der Waals surface area contributed by atoms with E-state index in [-0.39, 0.29) is 5.41 Å². The fourth-order valence-corrected chi connectivity index (χ4v) is 0.960. The van der Waals surface area contributed by atoms with Crippen molar-refractivity contribution in [2.45, 2.75) is 32.6 Å². The third-order valence-corrected chi connectivity index (χ3v) is 1.67. The highest BCUT2D eigenvalue weighted by molar-refractivity contribution is 7.80. The van der Waals surface area contributed by atoms with E-state index in [1.54, 1.807) is 0 Å². The summed E-state index contributed by atoms with van der Waals surface area (Å²) < 4.78 is 5.09. The molecular weight excluding hydrogens is 172 g/mol. The lowest BCUT2D eigenvalue weighted by Crippen LogP contribution is -2.11. The second-order valence-corrected chi connectivity index (χ2v) is 4.19. The number of aromatic nitrogens is 2. The third-order valence-electron chi connectivity index (χ3n) is 1.45. The van der Waals surface area contributed by atoms with Crippen LogP contribution in [0.5, 0.6) is 0 Å². The molecular formula is C8H14N2OS. The summed E-state index contributed by atoms with van der Waals surface area (Å²) in [5, 5.41) is 3.84. The van der Waals surface area contributed by atoms with Crippen LogP contribution in [0.25, 0.3) is 0 Å². The summed E-state index contributed by atoms with van der Waals surface area (Å²) in [4.78, 5) is 4.24. The summed E-state index contributed by atoms with van der Waals surface area (Å²) in [6, 6.07) is 0. The van der Waals surface area contributed by atoms with E-state index in [9.17, 15) is 0 Å². The Labute approximate surface area is 78.0 Å². The SMILES string of the molecule is CC(C)(C)c1nc(CCS)no1. The number of hydrogen-bond acceptors (Lipinski definition) is 4. The Balaban J connectivity index is 2.77. The molecule has 0 spiro atoms. The molecule has 0 unspecified atom stereocenters. The van der Waals surface area contributed by atoms with Crippen molar-refractivity contribution < 1.29 is 4.52 Å². The molecule has 0 amide bonds. The van der Waals surface area contributed by atoms with E-state index in [0.29, 0.717) is 5.89 Å². The zero-order chi connectivity index (χ0) is 9.19. The first-order valence-electron chi connectivity index (χ1n) is 3.98. The molecule has 0 atom stereocenters. The highest BCUT2D eigenvalue weighted by atomic mass is 32.1. The van der Waals surface area contributed by atoms with Gasteiger partial charge in [0, 0.05) is 11.8 Å². The van der Waals surface area contributed by atoms with Crippen LogP contribution in [0.2, 0.25) is 0 Å². The van der Waals surface area contributed by atoms with Crippen LogP contribution >= 0.6 is 12.6 Å². The van der Waals surface area contributed by atoms with Gasteiger partial charge < -0.3 is 4.52 Å². The van der Waals surface area contributed by atoms with Crippen LogP contribution in [0.15, 0.2) is 4.52 Å². The summed E-state index contributed by atoms with van der Waals surface area (Å²) in [6.45, 7) is 6.14. The van der Waals surface area contributed by atoms with Crippen molar-refractivity contribution in [2.75, 3.05) is 5.75 Å². The third kappa shape index (κ3) is 2.24. The van der Waals surface area contributed by atoms with Crippen LogP contribution in [-0.4, -0.2) is 15.9 Å². The van der Waals surface area contributed by atoms with Gasteiger partial charge in [0.2, 0.25) is 5.89 Å². The second kappa shape index (κ2) is 3.47. The van der Waals surface area contributed by atoms with E-state index in [1.807, 2.05) is 20.8 Å². The monoisotopic (exact) mass is 186 g/mol. The maximum absolute atomic E-state index is 5.09. The van der Waals surface area contributed by atoms with Gasteiger partial charge >= 0.3 is 0 Å². The van der Waals surface area contributed by atoms with E-state index in [2.05, 4.69) is 22.8 Å². The molecule has 1 rings (SSSR count). The molecule has 0 saturated heterocycles. The average molecular weight is 186 g/mol. The summed E-state index contributed by atoms with van der Waals surface area (Å²) in [5.41, 5.74) is -0.0537.